The number of nitrogens with one attached hydrogen (secondary N) is 1. The minimum Gasteiger partial charge on any atom is -0.325 e. The lowest BCUT2D eigenvalue weighted by molar-refractivity contribution is -0.115. The molecule has 0 saturated carbocycles. The molecule has 0 bridgehead atoms. The molecule has 18 heavy (non-hydrogen) atoms. The first kappa shape index (κ1) is 14.6. The van der Waals surface area contributed by atoms with E-state index in [2.05, 4.69) is 26.1 Å². The Kier molecular flexibility index (Phi) is 4.80. The van der Waals surface area contributed by atoms with Crippen molar-refractivity contribution < 1.29 is 4.79 Å². The normalized spacial score (nSPS) is 12.6. The maximum absolute atomic E-state index is 11.9. The molecule has 0 fully saturated rings. The second-order valence-electron chi connectivity index (χ2n) is 5.05. The third-order valence-corrected chi connectivity index (χ3v) is 3.46. The molecule has 0 heterocycles. The Morgan fingerprint density at radius 1 is 1.33 bits per heavy atom. The fraction of sp³-hybridized carbons (Fsp3) is 0.429. The molecule has 0 aliphatic heterocycles. The van der Waals surface area contributed by atoms with Crippen LogP contribution in [0.1, 0.15) is 33.3 Å². The molecule has 1 N–H and O–H groups in total. The van der Waals surface area contributed by atoms with E-state index in [0.717, 1.165) is 5.69 Å². The Morgan fingerprint density at radius 2 is 1.89 bits per heavy atom. The van der Waals surface area contributed by atoms with Gasteiger partial charge in [0.25, 0.3) is 0 Å². The molecule has 1 aromatic carbocycles. The number of nitrogens with zero attached hydrogens (tertiary/aromatic N) is 1. The Hall–Kier alpha value is -1.47. The molecule has 96 valence electrons. The molecule has 0 spiro atoms. The predicted octanol–water partition coefficient (Wildman–Crippen LogP) is 3.42. The monoisotopic (exact) mass is 262 g/mol. The van der Waals surface area contributed by atoms with Crippen molar-refractivity contribution in [1.82, 2.24) is 0 Å². The summed E-state index contributed by atoms with van der Waals surface area (Å²) in [4.78, 5) is 11.9. The van der Waals surface area contributed by atoms with Gasteiger partial charge in [-0.2, -0.15) is 5.26 Å². The first-order valence-electron chi connectivity index (χ1n) is 5.80. The van der Waals surface area contributed by atoms with Crippen LogP contribution in [0.2, 0.25) is 0 Å². The Morgan fingerprint density at radius 3 is 2.33 bits per heavy atom. The van der Waals surface area contributed by atoms with E-state index in [-0.39, 0.29) is 15.9 Å². The minimum atomic E-state index is -0.111. The second-order valence-corrected chi connectivity index (χ2v) is 7.22. The van der Waals surface area contributed by atoms with Gasteiger partial charge in [0, 0.05) is 10.4 Å². The zero-order valence-electron chi connectivity index (χ0n) is 11.2. The van der Waals surface area contributed by atoms with Crippen molar-refractivity contribution in [3.63, 3.8) is 0 Å². The van der Waals surface area contributed by atoms with Gasteiger partial charge in [0.15, 0.2) is 0 Å². The Labute approximate surface area is 113 Å². The van der Waals surface area contributed by atoms with Gasteiger partial charge in [-0.05, 0) is 31.2 Å². The summed E-state index contributed by atoms with van der Waals surface area (Å²) >= 11 is 1.63. The summed E-state index contributed by atoms with van der Waals surface area (Å²) < 4.78 is 0.0570. The zero-order valence-corrected chi connectivity index (χ0v) is 12.0. The number of carbonyl (C=O) groups excluding carboxylic acids is 1. The number of nitriles is 1. The van der Waals surface area contributed by atoms with Gasteiger partial charge >= 0.3 is 0 Å². The summed E-state index contributed by atoms with van der Waals surface area (Å²) in [6.07, 6.45) is 0. The van der Waals surface area contributed by atoms with Crippen molar-refractivity contribution >= 4 is 23.4 Å². The number of amides is 1. The summed E-state index contributed by atoms with van der Waals surface area (Å²) in [5, 5.41) is 11.4. The predicted molar refractivity (Wildman–Crippen MR) is 76.6 cm³/mol. The van der Waals surface area contributed by atoms with E-state index < -0.39 is 0 Å². The van der Waals surface area contributed by atoms with Gasteiger partial charge in [-0.1, -0.05) is 20.8 Å². The van der Waals surface area contributed by atoms with Crippen LogP contribution in [0, 0.1) is 11.3 Å². The standard InChI is InChI=1S/C14H18N2OS/c1-10(18-14(2,3)4)13(17)16-12-7-5-11(9-15)6-8-12/h5-8,10H,1-4H3,(H,16,17). The Balaban J connectivity index is 2.61. The summed E-state index contributed by atoms with van der Waals surface area (Å²) in [5.74, 6) is -0.0142. The molecule has 0 saturated heterocycles. The van der Waals surface area contributed by atoms with Crippen molar-refractivity contribution in [2.45, 2.75) is 37.7 Å². The number of carbonyl (C=O) groups is 1. The highest BCUT2D eigenvalue weighted by Gasteiger charge is 2.21. The molecule has 0 aromatic heterocycles. The number of anilines is 1. The second kappa shape index (κ2) is 5.92. The van der Waals surface area contributed by atoms with Crippen LogP contribution in [-0.2, 0) is 4.79 Å². The van der Waals surface area contributed by atoms with Gasteiger partial charge in [-0.15, -0.1) is 11.8 Å². The smallest absolute Gasteiger partial charge is 0.237 e. The molecule has 1 aromatic rings. The molecule has 1 rings (SSSR count). The lowest BCUT2D eigenvalue weighted by Gasteiger charge is -2.22. The van der Waals surface area contributed by atoms with Crippen LogP contribution in [0.3, 0.4) is 0 Å². The van der Waals surface area contributed by atoms with E-state index in [4.69, 9.17) is 5.26 Å². The highest BCUT2D eigenvalue weighted by Crippen LogP contribution is 2.28. The van der Waals surface area contributed by atoms with Crippen LogP contribution in [0.5, 0.6) is 0 Å². The molecule has 0 aliphatic rings. The average Bonchev–Trinajstić information content (AvgIpc) is 2.27. The molecular weight excluding hydrogens is 244 g/mol. The van der Waals surface area contributed by atoms with Crippen molar-refractivity contribution in [2.75, 3.05) is 5.32 Å². The fourth-order valence-electron chi connectivity index (χ4n) is 1.46. The SMILES string of the molecule is CC(SC(C)(C)C)C(=O)Nc1ccc(C#N)cc1. The number of rotatable bonds is 3. The molecule has 0 radical (unpaired) electrons. The van der Waals surface area contributed by atoms with Gasteiger partial charge < -0.3 is 5.32 Å². The highest BCUT2D eigenvalue weighted by atomic mass is 32.2. The quantitative estimate of drug-likeness (QED) is 0.908. The summed E-state index contributed by atoms with van der Waals surface area (Å²) in [6, 6.07) is 8.91. The largest absolute Gasteiger partial charge is 0.325 e. The maximum atomic E-state index is 11.9. The number of hydrogen-bond donors (Lipinski definition) is 1. The van der Waals surface area contributed by atoms with Crippen molar-refractivity contribution in [3.05, 3.63) is 29.8 Å². The number of hydrogen-bond acceptors (Lipinski definition) is 3. The van der Waals surface area contributed by atoms with Crippen LogP contribution in [0.25, 0.3) is 0 Å². The zero-order chi connectivity index (χ0) is 13.8. The average molecular weight is 262 g/mol. The molecule has 1 atom stereocenters. The van der Waals surface area contributed by atoms with Gasteiger partial charge in [-0.3, -0.25) is 4.79 Å². The van der Waals surface area contributed by atoms with Crippen LogP contribution in [0.15, 0.2) is 24.3 Å². The fourth-order valence-corrected chi connectivity index (χ4v) is 2.68. The molecule has 0 aliphatic carbocycles. The van der Waals surface area contributed by atoms with Crippen LogP contribution in [0.4, 0.5) is 5.69 Å². The molecular formula is C14H18N2OS. The summed E-state index contributed by atoms with van der Waals surface area (Å²) in [7, 11) is 0. The van der Waals surface area contributed by atoms with E-state index in [1.165, 1.54) is 0 Å². The van der Waals surface area contributed by atoms with Crippen LogP contribution < -0.4 is 5.32 Å². The molecule has 1 amide bonds. The third-order valence-electron chi connectivity index (χ3n) is 2.18. The van der Waals surface area contributed by atoms with Crippen LogP contribution >= 0.6 is 11.8 Å². The lowest BCUT2D eigenvalue weighted by atomic mass is 10.2. The van der Waals surface area contributed by atoms with E-state index in [9.17, 15) is 4.79 Å². The van der Waals surface area contributed by atoms with E-state index >= 15 is 0 Å². The maximum Gasteiger partial charge on any atom is 0.237 e. The Bertz CT molecular complexity index is 454. The minimum absolute atomic E-state index is 0.0142. The molecule has 1 unspecified atom stereocenters. The van der Waals surface area contributed by atoms with Crippen LogP contribution in [-0.4, -0.2) is 15.9 Å². The van der Waals surface area contributed by atoms with E-state index in [1.54, 1.807) is 36.0 Å². The highest BCUT2D eigenvalue weighted by molar-refractivity contribution is 8.01. The lowest BCUT2D eigenvalue weighted by Crippen LogP contribution is -2.26. The number of thioether (sulfide) groups is 1. The third kappa shape index (κ3) is 4.80. The van der Waals surface area contributed by atoms with E-state index in [0.29, 0.717) is 5.56 Å². The molecule has 4 heteroatoms. The van der Waals surface area contributed by atoms with Crippen molar-refractivity contribution in [1.29, 1.82) is 5.26 Å². The summed E-state index contributed by atoms with van der Waals surface area (Å²) in [6.45, 7) is 8.16. The molecule has 3 nitrogen and oxygen atoms in total. The number of benzene rings is 1. The van der Waals surface area contributed by atoms with Gasteiger partial charge in [0.2, 0.25) is 5.91 Å². The van der Waals surface area contributed by atoms with Crippen molar-refractivity contribution in [2.24, 2.45) is 0 Å². The topological polar surface area (TPSA) is 52.9 Å². The first-order chi connectivity index (χ1) is 8.31. The van der Waals surface area contributed by atoms with E-state index in [1.807, 2.05) is 13.0 Å². The first-order valence-corrected chi connectivity index (χ1v) is 6.68. The van der Waals surface area contributed by atoms with Gasteiger partial charge in [-0.25, -0.2) is 0 Å². The van der Waals surface area contributed by atoms with Gasteiger partial charge in [0.1, 0.15) is 0 Å². The van der Waals surface area contributed by atoms with Crippen molar-refractivity contribution in [3.8, 4) is 6.07 Å². The van der Waals surface area contributed by atoms with Gasteiger partial charge in [0.05, 0.1) is 16.9 Å². The summed E-state index contributed by atoms with van der Waals surface area (Å²) in [5.41, 5.74) is 1.31.